The highest BCUT2D eigenvalue weighted by molar-refractivity contribution is 7.19. The smallest absolute Gasteiger partial charge is 0.0543 e. The minimum atomic E-state index is 0.970. The van der Waals surface area contributed by atoms with E-state index >= 15 is 0 Å². The number of rotatable bonds is 4. The van der Waals surface area contributed by atoms with E-state index in [1.165, 1.54) is 115 Å². The van der Waals surface area contributed by atoms with Crippen LogP contribution in [0.2, 0.25) is 0 Å². The Morgan fingerprint density at radius 3 is 2.19 bits per heavy atom. The third kappa shape index (κ3) is 4.44. The number of hydrogen-bond acceptors (Lipinski definition) is 2. The summed E-state index contributed by atoms with van der Waals surface area (Å²) in [7, 11) is 0. The second kappa shape index (κ2) is 11.6. The first kappa shape index (κ1) is 30.3. The number of thiophene rings is 1. The first-order valence-electron chi connectivity index (χ1n) is 19.2. The lowest BCUT2D eigenvalue weighted by Crippen LogP contribution is -2.19. The number of benzene rings is 8. The minimum absolute atomic E-state index is 0.970. The molecule has 9 aromatic rings. The largest absolute Gasteiger partial charge is 0.310 e. The van der Waals surface area contributed by atoms with Crippen LogP contribution in [0.1, 0.15) is 39.1 Å². The summed E-state index contributed by atoms with van der Waals surface area (Å²) >= 11 is 2.00. The van der Waals surface area contributed by atoms with Crippen LogP contribution in [0.15, 0.2) is 164 Å². The Kier molecular flexibility index (Phi) is 6.52. The molecule has 8 aromatic carbocycles. The lowest BCUT2D eigenvalue weighted by atomic mass is 9.91. The summed E-state index contributed by atoms with van der Waals surface area (Å²) < 4.78 is 1.39. The van der Waals surface area contributed by atoms with Crippen molar-refractivity contribution in [2.45, 2.75) is 25.7 Å². The number of nitrogens with zero attached hydrogens (tertiary/aromatic N) is 1. The van der Waals surface area contributed by atoms with Crippen LogP contribution in [0.4, 0.5) is 11.4 Å². The van der Waals surface area contributed by atoms with Gasteiger partial charge in [0.2, 0.25) is 0 Å². The van der Waals surface area contributed by atoms with Gasteiger partial charge in [0.25, 0.3) is 0 Å². The zero-order valence-electron chi connectivity index (χ0n) is 29.8. The maximum absolute atomic E-state index is 2.60. The van der Waals surface area contributed by atoms with Crippen LogP contribution < -0.4 is 4.90 Å². The van der Waals surface area contributed by atoms with Gasteiger partial charge in [0.05, 0.1) is 11.4 Å². The molecule has 0 radical (unpaired) electrons. The molecule has 1 heterocycles. The monoisotopic (exact) mass is 705 g/mol. The molecule has 1 aromatic heterocycles. The Morgan fingerprint density at radius 1 is 0.500 bits per heavy atom. The van der Waals surface area contributed by atoms with Crippen molar-refractivity contribution in [3.05, 3.63) is 196 Å². The van der Waals surface area contributed by atoms with Gasteiger partial charge in [-0.1, -0.05) is 133 Å². The first-order chi connectivity index (χ1) is 26.8. The molecule has 254 valence electrons. The molecule has 2 heteroatoms. The van der Waals surface area contributed by atoms with Gasteiger partial charge in [0.15, 0.2) is 0 Å². The molecule has 3 aliphatic carbocycles. The topological polar surface area (TPSA) is 3.24 Å². The SMILES string of the molecule is C1=C(N(c2ccc(-c3ccc4ccccc4c3)cc2)c2cccc3c2-c2ccccc2C3)c2c(sc3ccc4c(c23)-c2ccc3ccccc3c2C4)CC1. The second-order valence-electron chi connectivity index (χ2n) is 15.1. The lowest BCUT2D eigenvalue weighted by molar-refractivity contribution is 0.997. The van der Waals surface area contributed by atoms with Gasteiger partial charge < -0.3 is 4.90 Å². The minimum Gasteiger partial charge on any atom is -0.310 e. The second-order valence-corrected chi connectivity index (χ2v) is 16.2. The highest BCUT2D eigenvalue weighted by Gasteiger charge is 2.33. The van der Waals surface area contributed by atoms with Crippen LogP contribution >= 0.6 is 11.3 Å². The van der Waals surface area contributed by atoms with E-state index in [1.54, 1.807) is 0 Å². The van der Waals surface area contributed by atoms with E-state index in [0.29, 0.717) is 0 Å². The zero-order valence-corrected chi connectivity index (χ0v) is 30.6. The Morgan fingerprint density at radius 2 is 1.26 bits per heavy atom. The molecule has 3 aliphatic rings. The molecule has 1 nitrogen and oxygen atoms in total. The molecule has 0 saturated carbocycles. The van der Waals surface area contributed by atoms with E-state index in [2.05, 4.69) is 169 Å². The molecule has 0 N–H and O–H groups in total. The number of anilines is 2. The normalized spacial score (nSPS) is 13.7. The molecule has 0 atom stereocenters. The molecule has 0 amide bonds. The molecule has 12 rings (SSSR count). The Balaban J connectivity index is 1.08. The zero-order chi connectivity index (χ0) is 35.3. The predicted octanol–water partition coefficient (Wildman–Crippen LogP) is 14.1. The third-order valence-electron chi connectivity index (χ3n) is 12.1. The maximum Gasteiger partial charge on any atom is 0.0543 e. The molecule has 54 heavy (non-hydrogen) atoms. The summed E-state index contributed by atoms with van der Waals surface area (Å²) in [5.41, 5.74) is 18.9. The van der Waals surface area contributed by atoms with Crippen LogP contribution in [-0.2, 0) is 19.3 Å². The first-order valence-corrected chi connectivity index (χ1v) is 20.0. The van der Waals surface area contributed by atoms with Crippen LogP contribution in [0, 0.1) is 0 Å². The van der Waals surface area contributed by atoms with Crippen molar-refractivity contribution in [3.8, 4) is 33.4 Å². The number of allylic oxidation sites excluding steroid dienone is 1. The molecular weight excluding hydrogens is 671 g/mol. The Labute approximate surface area is 319 Å². The third-order valence-corrected chi connectivity index (χ3v) is 13.4. The van der Waals surface area contributed by atoms with Gasteiger partial charge >= 0.3 is 0 Å². The van der Waals surface area contributed by atoms with Crippen molar-refractivity contribution in [2.75, 3.05) is 4.90 Å². The van der Waals surface area contributed by atoms with Gasteiger partial charge in [-0.15, -0.1) is 11.3 Å². The highest BCUT2D eigenvalue weighted by Crippen LogP contribution is 2.54. The predicted molar refractivity (Wildman–Crippen MR) is 230 cm³/mol. The number of aryl methyl sites for hydroxylation is 1. The summed E-state index contributed by atoms with van der Waals surface area (Å²) in [6.45, 7) is 0. The van der Waals surface area contributed by atoms with Crippen molar-refractivity contribution in [2.24, 2.45) is 0 Å². The molecule has 0 spiro atoms. The van der Waals surface area contributed by atoms with E-state index in [0.717, 1.165) is 25.7 Å². The average molecular weight is 706 g/mol. The molecule has 0 fully saturated rings. The Bertz CT molecular complexity index is 3050. The lowest BCUT2D eigenvalue weighted by Gasteiger charge is -2.32. The summed E-state index contributed by atoms with van der Waals surface area (Å²) in [4.78, 5) is 4.10. The fourth-order valence-corrected chi connectivity index (χ4v) is 11.0. The maximum atomic E-state index is 2.60. The summed E-state index contributed by atoms with van der Waals surface area (Å²) in [6, 6.07) is 59.2. The van der Waals surface area contributed by atoms with E-state index in [9.17, 15) is 0 Å². The quantitative estimate of drug-likeness (QED) is 0.176. The van der Waals surface area contributed by atoms with Crippen molar-refractivity contribution in [1.29, 1.82) is 0 Å². The van der Waals surface area contributed by atoms with Crippen LogP contribution in [0.25, 0.3) is 70.7 Å². The summed E-state index contributed by atoms with van der Waals surface area (Å²) in [5.74, 6) is 0. The molecule has 0 unspecified atom stereocenters. The molecule has 0 bridgehead atoms. The average Bonchev–Trinajstić information content (AvgIpc) is 3.93. The van der Waals surface area contributed by atoms with E-state index in [-0.39, 0.29) is 0 Å². The molecule has 0 saturated heterocycles. The van der Waals surface area contributed by atoms with Crippen LogP contribution in [0.3, 0.4) is 0 Å². The summed E-state index contributed by atoms with van der Waals surface area (Å²) in [6.07, 6.45) is 6.58. The van der Waals surface area contributed by atoms with E-state index in [4.69, 9.17) is 0 Å². The molecular formula is C52H35NS. The van der Waals surface area contributed by atoms with Gasteiger partial charge in [-0.2, -0.15) is 0 Å². The fourth-order valence-electron chi connectivity index (χ4n) is 9.72. The van der Waals surface area contributed by atoms with Gasteiger partial charge in [0.1, 0.15) is 0 Å². The van der Waals surface area contributed by atoms with Crippen molar-refractivity contribution >= 4 is 60.0 Å². The van der Waals surface area contributed by atoms with Gasteiger partial charge in [-0.3, -0.25) is 0 Å². The van der Waals surface area contributed by atoms with Gasteiger partial charge in [-0.25, -0.2) is 0 Å². The van der Waals surface area contributed by atoms with E-state index in [1.807, 2.05) is 11.3 Å². The standard InChI is InChI=1S/C52H35NS/c1-2-11-35-29-36(20-19-32(35)9-1)33-21-25-40(26-22-33)53(45-16-7-13-38-30-37-12-4-6-15-42(37)49(38)45)46-17-8-18-47-51(46)52-48(54-47)28-24-39-31-44-41-14-5-3-10-34(41)23-27-43(44)50(39)52/h1-7,9-17,19-29H,8,18,30-31H2. The number of hydrogen-bond donors (Lipinski definition) is 0. The van der Waals surface area contributed by atoms with E-state index < -0.39 is 0 Å². The number of fused-ring (bicyclic) bond motifs is 13. The van der Waals surface area contributed by atoms with Crippen molar-refractivity contribution in [1.82, 2.24) is 0 Å². The fraction of sp³-hybridized carbons (Fsp3) is 0.0769. The van der Waals surface area contributed by atoms with Crippen molar-refractivity contribution < 1.29 is 0 Å². The highest BCUT2D eigenvalue weighted by atomic mass is 32.1. The van der Waals surface area contributed by atoms with Crippen LogP contribution in [-0.4, -0.2) is 0 Å². The molecule has 0 aliphatic heterocycles. The van der Waals surface area contributed by atoms with Gasteiger partial charge in [0, 0.05) is 31.8 Å². The van der Waals surface area contributed by atoms with Gasteiger partial charge in [-0.05, 0) is 128 Å². The van der Waals surface area contributed by atoms with Crippen LogP contribution in [0.5, 0.6) is 0 Å². The summed E-state index contributed by atoms with van der Waals surface area (Å²) in [5, 5.41) is 6.67. The Hall–Kier alpha value is -6.22. The van der Waals surface area contributed by atoms with Crippen molar-refractivity contribution in [3.63, 3.8) is 0 Å².